The molecular formula is C23H17F2N8O6P. The number of cyclic esters (lactones) is 1. The number of carbonyl (C=O) groups excluding carboxylic acids is 1. The average Bonchev–Trinajstić information content (AvgIpc) is 3.65. The molecule has 40 heavy (non-hydrogen) atoms. The lowest BCUT2D eigenvalue weighted by atomic mass is 10.1. The van der Waals surface area contributed by atoms with E-state index in [0.29, 0.717) is 22.5 Å². The van der Waals surface area contributed by atoms with E-state index < -0.39 is 38.3 Å². The number of anilines is 1. The fraction of sp³-hybridized carbons (Fsp3) is 0.130. The van der Waals surface area contributed by atoms with Crippen LogP contribution in [0, 0.1) is 11.6 Å². The SMILES string of the molecule is O=C1OCC(c2ccc(F)cn2)N1c1ccn2ncc(-c3ccc(-c4ncn(COP(=O)(O)O)n4)c(F)c3)c2n1. The van der Waals surface area contributed by atoms with E-state index in [2.05, 4.69) is 29.7 Å². The van der Waals surface area contributed by atoms with Crippen molar-refractivity contribution in [2.24, 2.45) is 0 Å². The van der Waals surface area contributed by atoms with Crippen LogP contribution in [0.25, 0.3) is 28.2 Å². The molecule has 14 nitrogen and oxygen atoms in total. The van der Waals surface area contributed by atoms with E-state index in [1.54, 1.807) is 18.3 Å². The zero-order valence-electron chi connectivity index (χ0n) is 20.1. The second-order valence-corrected chi connectivity index (χ2v) is 9.77. The van der Waals surface area contributed by atoms with Gasteiger partial charge < -0.3 is 14.5 Å². The van der Waals surface area contributed by atoms with Crippen molar-refractivity contribution >= 4 is 25.4 Å². The van der Waals surface area contributed by atoms with Gasteiger partial charge in [0.2, 0.25) is 0 Å². The Hall–Kier alpha value is -4.63. The second kappa shape index (κ2) is 9.84. The molecule has 17 heteroatoms. The largest absolute Gasteiger partial charge is 0.471 e. The molecule has 0 spiro atoms. The molecule has 0 radical (unpaired) electrons. The first kappa shape index (κ1) is 25.6. The number of benzene rings is 1. The van der Waals surface area contributed by atoms with Crippen molar-refractivity contribution in [2.45, 2.75) is 12.8 Å². The van der Waals surface area contributed by atoms with Crippen LogP contribution in [-0.2, 0) is 20.6 Å². The molecule has 1 aliphatic heterocycles. The van der Waals surface area contributed by atoms with Crippen molar-refractivity contribution < 1.29 is 37.2 Å². The number of nitrogens with zero attached hydrogens (tertiary/aromatic N) is 8. The molecule has 6 rings (SSSR count). The standard InChI is InChI=1S/C23H17F2N8O6P/c24-14-2-4-18(26-8-14)19-10-38-23(34)33(19)20-5-6-32-22(29-20)16(9-28-32)13-1-3-15(17(25)7-13)21-27-11-31(30-21)12-39-40(35,36)37/h1-9,11,19H,10,12H2,(H2,35,36,37). The highest BCUT2D eigenvalue weighted by Gasteiger charge is 2.37. The number of aromatic nitrogens is 7. The van der Waals surface area contributed by atoms with Gasteiger partial charge in [-0.05, 0) is 35.9 Å². The number of amides is 1. The number of pyridine rings is 1. The first-order valence-electron chi connectivity index (χ1n) is 11.5. The lowest BCUT2D eigenvalue weighted by Crippen LogP contribution is -2.28. The first-order valence-corrected chi connectivity index (χ1v) is 13.0. The predicted octanol–water partition coefficient (Wildman–Crippen LogP) is 3.09. The fourth-order valence-corrected chi connectivity index (χ4v) is 4.42. The summed E-state index contributed by atoms with van der Waals surface area (Å²) in [5.74, 6) is -0.976. The summed E-state index contributed by atoms with van der Waals surface area (Å²) in [6.45, 7) is -0.575. The third-order valence-electron chi connectivity index (χ3n) is 5.98. The van der Waals surface area contributed by atoms with E-state index in [0.717, 1.165) is 17.2 Å². The number of fused-ring (bicyclic) bond motifs is 1. The van der Waals surface area contributed by atoms with E-state index in [1.165, 1.54) is 39.9 Å². The van der Waals surface area contributed by atoms with E-state index in [1.807, 2.05) is 0 Å². The van der Waals surface area contributed by atoms with Crippen molar-refractivity contribution in [3.8, 4) is 22.5 Å². The summed E-state index contributed by atoms with van der Waals surface area (Å²) in [6, 6.07) is 7.92. The second-order valence-electron chi connectivity index (χ2n) is 8.53. The van der Waals surface area contributed by atoms with Crippen molar-refractivity contribution in [1.29, 1.82) is 0 Å². The van der Waals surface area contributed by atoms with Gasteiger partial charge in [-0.2, -0.15) is 5.10 Å². The molecule has 5 heterocycles. The number of phosphoric ester groups is 1. The van der Waals surface area contributed by atoms with Gasteiger partial charge in [-0.3, -0.25) is 9.51 Å². The number of phosphoric acid groups is 1. The van der Waals surface area contributed by atoms with Gasteiger partial charge in [0.05, 0.1) is 23.7 Å². The summed E-state index contributed by atoms with van der Waals surface area (Å²) < 4.78 is 51.5. The van der Waals surface area contributed by atoms with Gasteiger partial charge in [0.25, 0.3) is 0 Å². The maximum Gasteiger partial charge on any atom is 0.471 e. The Labute approximate surface area is 222 Å². The number of hydrogen-bond donors (Lipinski definition) is 2. The minimum atomic E-state index is -4.72. The highest BCUT2D eigenvalue weighted by Crippen LogP contribution is 2.36. The van der Waals surface area contributed by atoms with Crippen LogP contribution < -0.4 is 4.90 Å². The van der Waals surface area contributed by atoms with E-state index >= 15 is 4.39 Å². The Bertz CT molecular complexity index is 1790. The Morgan fingerprint density at radius 1 is 1.10 bits per heavy atom. The number of rotatable bonds is 7. The van der Waals surface area contributed by atoms with Gasteiger partial charge in [-0.1, -0.05) is 6.07 Å². The Balaban J connectivity index is 1.31. The monoisotopic (exact) mass is 570 g/mol. The molecule has 1 fully saturated rings. The van der Waals surface area contributed by atoms with Gasteiger partial charge in [0.1, 0.15) is 36.4 Å². The molecule has 1 unspecified atom stereocenters. The third kappa shape index (κ3) is 4.91. The number of hydrogen-bond acceptors (Lipinski definition) is 9. The molecule has 1 atom stereocenters. The third-order valence-corrected chi connectivity index (χ3v) is 6.43. The van der Waals surface area contributed by atoms with Gasteiger partial charge in [0.15, 0.2) is 18.2 Å². The highest BCUT2D eigenvalue weighted by atomic mass is 31.2. The van der Waals surface area contributed by atoms with Crippen LogP contribution in [0.5, 0.6) is 0 Å². The van der Waals surface area contributed by atoms with Crippen LogP contribution in [0.4, 0.5) is 19.4 Å². The molecule has 1 saturated heterocycles. The Morgan fingerprint density at radius 3 is 2.70 bits per heavy atom. The highest BCUT2D eigenvalue weighted by molar-refractivity contribution is 7.46. The van der Waals surface area contributed by atoms with Gasteiger partial charge in [-0.25, -0.2) is 42.2 Å². The average molecular weight is 570 g/mol. The molecule has 2 N–H and O–H groups in total. The van der Waals surface area contributed by atoms with Crippen molar-refractivity contribution in [3.05, 3.63) is 78.6 Å². The fourth-order valence-electron chi connectivity index (χ4n) is 4.15. The summed E-state index contributed by atoms with van der Waals surface area (Å²) in [5.41, 5.74) is 1.67. The van der Waals surface area contributed by atoms with Crippen molar-refractivity contribution in [2.75, 3.05) is 11.5 Å². The molecule has 0 aliphatic carbocycles. The number of ether oxygens (including phenoxy) is 1. The molecule has 0 saturated carbocycles. The van der Waals surface area contributed by atoms with E-state index in [9.17, 15) is 13.8 Å². The summed E-state index contributed by atoms with van der Waals surface area (Å²) in [4.78, 5) is 44.2. The molecule has 1 aromatic carbocycles. The van der Waals surface area contributed by atoms with Gasteiger partial charge in [0, 0.05) is 11.8 Å². The van der Waals surface area contributed by atoms with Crippen LogP contribution in [0.1, 0.15) is 11.7 Å². The smallest absolute Gasteiger partial charge is 0.446 e. The van der Waals surface area contributed by atoms with Crippen LogP contribution in [-0.4, -0.2) is 56.8 Å². The lowest BCUT2D eigenvalue weighted by molar-refractivity contribution is 0.145. The van der Waals surface area contributed by atoms with E-state index in [-0.39, 0.29) is 23.8 Å². The van der Waals surface area contributed by atoms with Crippen LogP contribution in [0.3, 0.4) is 0 Å². The minimum Gasteiger partial charge on any atom is -0.446 e. The van der Waals surface area contributed by atoms with Crippen molar-refractivity contribution in [3.63, 3.8) is 0 Å². The Morgan fingerprint density at radius 2 is 1.95 bits per heavy atom. The zero-order chi connectivity index (χ0) is 28.0. The topological polar surface area (TPSA) is 170 Å². The normalized spacial score (nSPS) is 15.7. The van der Waals surface area contributed by atoms with E-state index in [4.69, 9.17) is 14.5 Å². The summed E-state index contributed by atoms with van der Waals surface area (Å²) in [6.07, 6.45) is 4.63. The molecular weight excluding hydrogens is 553 g/mol. The molecule has 1 aliphatic rings. The molecule has 204 valence electrons. The first-order chi connectivity index (χ1) is 19.2. The maximum absolute atomic E-state index is 15.2. The number of carbonyl (C=O) groups is 1. The summed E-state index contributed by atoms with van der Waals surface area (Å²) in [5, 5.41) is 8.24. The quantitative estimate of drug-likeness (QED) is 0.276. The summed E-state index contributed by atoms with van der Waals surface area (Å²) in [7, 11) is -4.72. The van der Waals surface area contributed by atoms with Gasteiger partial charge in [-0.15, -0.1) is 5.10 Å². The van der Waals surface area contributed by atoms with Crippen molar-refractivity contribution in [1.82, 2.24) is 34.3 Å². The lowest BCUT2D eigenvalue weighted by Gasteiger charge is -2.20. The molecule has 4 aromatic heterocycles. The number of halogens is 2. The Kier molecular flexibility index (Phi) is 6.31. The van der Waals surface area contributed by atoms with Crippen LogP contribution in [0.2, 0.25) is 0 Å². The van der Waals surface area contributed by atoms with Gasteiger partial charge >= 0.3 is 13.9 Å². The van der Waals surface area contributed by atoms with Crippen LogP contribution in [0.15, 0.2) is 61.3 Å². The minimum absolute atomic E-state index is 0.00164. The summed E-state index contributed by atoms with van der Waals surface area (Å²) >= 11 is 0. The molecule has 5 aromatic rings. The molecule has 1 amide bonds. The maximum atomic E-state index is 15.2. The zero-order valence-corrected chi connectivity index (χ0v) is 21.0. The van der Waals surface area contributed by atoms with Crippen LogP contribution >= 0.6 is 7.82 Å². The molecule has 0 bridgehead atoms. The predicted molar refractivity (Wildman–Crippen MR) is 131 cm³/mol.